The van der Waals surface area contributed by atoms with Gasteiger partial charge in [-0.05, 0) is 37.6 Å². The van der Waals surface area contributed by atoms with E-state index in [0.717, 1.165) is 4.31 Å². The molecule has 128 valence electrons. The van der Waals surface area contributed by atoms with Crippen molar-refractivity contribution < 1.29 is 23.1 Å². The number of rotatable bonds is 7. The van der Waals surface area contributed by atoms with Crippen molar-refractivity contribution in [3.05, 3.63) is 29.8 Å². The van der Waals surface area contributed by atoms with Crippen LogP contribution in [0.1, 0.15) is 37.0 Å². The van der Waals surface area contributed by atoms with Crippen molar-refractivity contribution >= 4 is 21.9 Å². The van der Waals surface area contributed by atoms with Gasteiger partial charge in [0.1, 0.15) is 5.54 Å². The predicted octanol–water partition coefficient (Wildman–Crippen LogP) is 1.31. The summed E-state index contributed by atoms with van der Waals surface area (Å²) in [5.74, 6) is -1.67. The Morgan fingerprint density at radius 1 is 1.22 bits per heavy atom. The minimum atomic E-state index is -3.57. The van der Waals surface area contributed by atoms with E-state index in [2.05, 4.69) is 5.32 Å². The molecule has 1 aromatic carbocycles. The number of aliphatic carboxylic acids is 1. The van der Waals surface area contributed by atoms with Gasteiger partial charge >= 0.3 is 5.97 Å². The lowest BCUT2D eigenvalue weighted by molar-refractivity contribution is -0.144. The van der Waals surface area contributed by atoms with Gasteiger partial charge in [-0.25, -0.2) is 17.5 Å². The molecular weight excluding hydrogens is 320 g/mol. The minimum Gasteiger partial charge on any atom is -0.480 e. The molecule has 0 bridgehead atoms. The lowest BCUT2D eigenvalue weighted by Crippen LogP contribution is -2.52. The van der Waals surface area contributed by atoms with Crippen molar-refractivity contribution in [3.8, 4) is 0 Å². The van der Waals surface area contributed by atoms with Crippen LogP contribution in [0.15, 0.2) is 29.2 Å². The molecule has 0 radical (unpaired) electrons. The standard InChI is InChI=1S/C15H22N2O5S/c1-5-10-15(2,14(19)20)16-13(18)11-6-8-12(9-7-11)23(21,22)17(3)4/h6-9H,5,10H2,1-4H3,(H,16,18)(H,19,20). The molecule has 0 saturated carbocycles. The summed E-state index contributed by atoms with van der Waals surface area (Å²) in [7, 11) is -0.738. The molecule has 7 nitrogen and oxygen atoms in total. The summed E-state index contributed by atoms with van der Waals surface area (Å²) in [5.41, 5.74) is -1.16. The zero-order chi connectivity index (χ0) is 17.8. The van der Waals surface area contributed by atoms with Crippen molar-refractivity contribution in [3.63, 3.8) is 0 Å². The van der Waals surface area contributed by atoms with E-state index in [-0.39, 0.29) is 10.5 Å². The molecule has 1 atom stereocenters. The van der Waals surface area contributed by atoms with Crippen LogP contribution in [0.25, 0.3) is 0 Å². The Bertz CT molecular complexity index is 682. The molecule has 1 aromatic rings. The lowest BCUT2D eigenvalue weighted by Gasteiger charge is -2.25. The first-order chi connectivity index (χ1) is 10.5. The average Bonchev–Trinajstić information content (AvgIpc) is 2.47. The van der Waals surface area contributed by atoms with Gasteiger partial charge in [-0.1, -0.05) is 13.3 Å². The second-order valence-corrected chi connectivity index (χ2v) is 7.81. The smallest absolute Gasteiger partial charge is 0.329 e. The molecule has 0 heterocycles. The molecule has 0 fully saturated rings. The second kappa shape index (κ2) is 7.10. The number of carbonyl (C=O) groups excluding carboxylic acids is 1. The van der Waals surface area contributed by atoms with Crippen LogP contribution < -0.4 is 5.32 Å². The first-order valence-electron chi connectivity index (χ1n) is 7.13. The lowest BCUT2D eigenvalue weighted by atomic mass is 9.96. The van der Waals surface area contributed by atoms with Crippen molar-refractivity contribution in [2.75, 3.05) is 14.1 Å². The maximum Gasteiger partial charge on any atom is 0.329 e. The normalized spacial score (nSPS) is 14.3. The molecule has 0 saturated heterocycles. The molecule has 8 heteroatoms. The fourth-order valence-corrected chi connectivity index (χ4v) is 2.94. The van der Waals surface area contributed by atoms with E-state index in [1.54, 1.807) is 0 Å². The third kappa shape index (κ3) is 4.29. The van der Waals surface area contributed by atoms with E-state index < -0.39 is 27.4 Å². The van der Waals surface area contributed by atoms with Gasteiger partial charge in [0, 0.05) is 19.7 Å². The number of carbonyl (C=O) groups is 2. The summed E-state index contributed by atoms with van der Waals surface area (Å²) in [6, 6.07) is 5.37. The summed E-state index contributed by atoms with van der Waals surface area (Å²) in [4.78, 5) is 23.6. The number of hydrogen-bond acceptors (Lipinski definition) is 4. The first-order valence-corrected chi connectivity index (χ1v) is 8.57. The van der Waals surface area contributed by atoms with Crippen LogP contribution in [-0.2, 0) is 14.8 Å². The number of nitrogens with zero attached hydrogens (tertiary/aromatic N) is 1. The zero-order valence-electron chi connectivity index (χ0n) is 13.7. The number of nitrogens with one attached hydrogen (secondary N) is 1. The van der Waals surface area contributed by atoms with Gasteiger partial charge in [-0.15, -0.1) is 0 Å². The number of carboxylic acid groups (broad SMARTS) is 1. The van der Waals surface area contributed by atoms with E-state index in [9.17, 15) is 23.1 Å². The molecule has 0 aromatic heterocycles. The van der Waals surface area contributed by atoms with Gasteiger partial charge in [-0.2, -0.15) is 0 Å². The Hall–Kier alpha value is -1.93. The van der Waals surface area contributed by atoms with Gasteiger partial charge in [-0.3, -0.25) is 4.79 Å². The van der Waals surface area contributed by atoms with E-state index in [1.165, 1.54) is 45.3 Å². The highest BCUT2D eigenvalue weighted by atomic mass is 32.2. The van der Waals surface area contributed by atoms with E-state index in [0.29, 0.717) is 12.8 Å². The van der Waals surface area contributed by atoms with Crippen molar-refractivity contribution in [1.29, 1.82) is 0 Å². The number of sulfonamides is 1. The van der Waals surface area contributed by atoms with E-state index in [4.69, 9.17) is 0 Å². The molecular formula is C15H22N2O5S. The summed E-state index contributed by atoms with van der Waals surface area (Å²) < 4.78 is 25.0. The highest BCUT2D eigenvalue weighted by Crippen LogP contribution is 2.16. The fraction of sp³-hybridized carbons (Fsp3) is 0.467. The number of benzene rings is 1. The molecule has 0 aliphatic carbocycles. The average molecular weight is 342 g/mol. The monoisotopic (exact) mass is 342 g/mol. The van der Waals surface area contributed by atoms with Crippen LogP contribution in [0, 0.1) is 0 Å². The van der Waals surface area contributed by atoms with E-state index in [1.807, 2.05) is 6.92 Å². The van der Waals surface area contributed by atoms with Crippen LogP contribution in [0.4, 0.5) is 0 Å². The fourth-order valence-electron chi connectivity index (χ4n) is 2.03. The molecule has 1 unspecified atom stereocenters. The topological polar surface area (TPSA) is 104 Å². The third-order valence-corrected chi connectivity index (χ3v) is 5.34. The molecule has 1 rings (SSSR count). The molecule has 2 N–H and O–H groups in total. The molecule has 0 aliphatic heterocycles. The summed E-state index contributed by atoms with van der Waals surface area (Å²) in [5, 5.41) is 11.8. The second-order valence-electron chi connectivity index (χ2n) is 5.65. The van der Waals surface area contributed by atoms with Gasteiger partial charge in [0.25, 0.3) is 5.91 Å². The van der Waals surface area contributed by atoms with Crippen molar-refractivity contribution in [2.45, 2.75) is 37.1 Å². The summed E-state index contributed by atoms with van der Waals surface area (Å²) in [6.45, 7) is 3.27. The Labute approximate surface area is 136 Å². The summed E-state index contributed by atoms with van der Waals surface area (Å²) in [6.07, 6.45) is 0.893. The number of hydrogen-bond donors (Lipinski definition) is 2. The Kier molecular flexibility index (Phi) is 5.90. The highest BCUT2D eigenvalue weighted by Gasteiger charge is 2.34. The first kappa shape index (κ1) is 19.1. The van der Waals surface area contributed by atoms with Crippen molar-refractivity contribution in [1.82, 2.24) is 9.62 Å². The third-order valence-electron chi connectivity index (χ3n) is 3.51. The highest BCUT2D eigenvalue weighted by molar-refractivity contribution is 7.89. The van der Waals surface area contributed by atoms with Gasteiger partial charge in [0.15, 0.2) is 0 Å². The van der Waals surface area contributed by atoms with E-state index >= 15 is 0 Å². The van der Waals surface area contributed by atoms with Crippen molar-refractivity contribution in [2.24, 2.45) is 0 Å². The molecule has 1 amide bonds. The van der Waals surface area contributed by atoms with Gasteiger partial charge in [0.2, 0.25) is 10.0 Å². The van der Waals surface area contributed by atoms with Gasteiger partial charge in [0.05, 0.1) is 4.90 Å². The van der Waals surface area contributed by atoms with Crippen LogP contribution >= 0.6 is 0 Å². The number of carboxylic acids is 1. The summed E-state index contributed by atoms with van der Waals surface area (Å²) >= 11 is 0. The number of amides is 1. The predicted molar refractivity (Wildman–Crippen MR) is 85.7 cm³/mol. The largest absolute Gasteiger partial charge is 0.480 e. The molecule has 0 spiro atoms. The minimum absolute atomic E-state index is 0.0635. The zero-order valence-corrected chi connectivity index (χ0v) is 14.5. The Balaban J connectivity index is 3.01. The molecule has 0 aliphatic rings. The quantitative estimate of drug-likeness (QED) is 0.777. The van der Waals surface area contributed by atoms with Crippen LogP contribution in [0.5, 0.6) is 0 Å². The Morgan fingerprint density at radius 3 is 2.13 bits per heavy atom. The van der Waals surface area contributed by atoms with Crippen LogP contribution in [0.3, 0.4) is 0 Å². The molecule has 23 heavy (non-hydrogen) atoms. The maximum absolute atomic E-state index is 12.2. The maximum atomic E-state index is 12.2. The van der Waals surface area contributed by atoms with Crippen LogP contribution in [-0.4, -0.2) is 49.3 Å². The van der Waals surface area contributed by atoms with Gasteiger partial charge < -0.3 is 10.4 Å². The SMILES string of the molecule is CCCC(C)(NC(=O)c1ccc(S(=O)(=O)N(C)C)cc1)C(=O)O. The Morgan fingerprint density at radius 2 is 1.74 bits per heavy atom. The van der Waals surface area contributed by atoms with Crippen LogP contribution in [0.2, 0.25) is 0 Å².